The zero-order chi connectivity index (χ0) is 29.1. The fourth-order valence-corrected chi connectivity index (χ4v) is 4.18. The Balaban J connectivity index is 0.000000201. The Morgan fingerprint density at radius 3 is 1.50 bits per heavy atom. The molecule has 7 heteroatoms. The van der Waals surface area contributed by atoms with Gasteiger partial charge in [-0.25, -0.2) is 0 Å². The van der Waals surface area contributed by atoms with Crippen molar-refractivity contribution in [3.05, 3.63) is 120 Å². The van der Waals surface area contributed by atoms with E-state index in [4.69, 9.17) is 33.5 Å². The molecular weight excluding hydrogens is 532 g/mol. The molecule has 0 spiro atoms. The number of benzene rings is 4. The van der Waals surface area contributed by atoms with Crippen LogP contribution in [0.1, 0.15) is 30.4 Å². The molecule has 1 fully saturated rings. The van der Waals surface area contributed by atoms with Gasteiger partial charge in [0.15, 0.2) is 29.3 Å². The molecule has 7 nitrogen and oxygen atoms in total. The van der Waals surface area contributed by atoms with E-state index in [0.717, 1.165) is 42.1 Å². The van der Waals surface area contributed by atoms with Gasteiger partial charge in [-0.2, -0.15) is 0 Å². The summed E-state index contributed by atoms with van der Waals surface area (Å²) in [5.74, 6) is 2.83. The quantitative estimate of drug-likeness (QED) is 0.166. The van der Waals surface area contributed by atoms with Gasteiger partial charge in [0.25, 0.3) is 0 Å². The Kier molecular flexibility index (Phi) is 13.5. The second kappa shape index (κ2) is 18.4. The van der Waals surface area contributed by atoms with E-state index in [1.165, 1.54) is 6.42 Å². The first kappa shape index (κ1) is 30.9. The molecule has 0 aromatic heterocycles. The maximum absolute atomic E-state index is 8.76. The highest BCUT2D eigenvalue weighted by Crippen LogP contribution is 2.28. The fraction of sp³-hybridized carbons (Fsp3) is 0.314. The van der Waals surface area contributed by atoms with Gasteiger partial charge in [-0.3, -0.25) is 0 Å². The second-order valence-electron chi connectivity index (χ2n) is 9.53. The third-order valence-corrected chi connectivity index (χ3v) is 6.30. The van der Waals surface area contributed by atoms with E-state index >= 15 is 0 Å². The molecule has 1 saturated heterocycles. The Morgan fingerprint density at radius 2 is 1.02 bits per heavy atom. The summed E-state index contributed by atoms with van der Waals surface area (Å²) in [6.45, 7) is 3.07. The SMILES string of the molecule is OCCOc1ccccc1OCc1ccccc1.c1ccc(COc2ccccc2OCCOC2CCCCO2)cc1. The third kappa shape index (κ3) is 11.1. The number of hydrogen-bond donors (Lipinski definition) is 1. The van der Waals surface area contributed by atoms with Crippen LogP contribution in [0.5, 0.6) is 23.0 Å². The van der Waals surface area contributed by atoms with E-state index in [2.05, 4.69) is 0 Å². The molecule has 42 heavy (non-hydrogen) atoms. The molecule has 222 valence electrons. The van der Waals surface area contributed by atoms with Gasteiger partial charge in [-0.1, -0.05) is 84.9 Å². The minimum atomic E-state index is -0.0769. The minimum Gasteiger partial charge on any atom is -0.487 e. The first-order chi connectivity index (χ1) is 20.8. The van der Waals surface area contributed by atoms with Crippen LogP contribution >= 0.6 is 0 Å². The molecule has 0 aliphatic carbocycles. The van der Waals surface area contributed by atoms with Crippen molar-refractivity contribution < 1.29 is 33.5 Å². The predicted octanol–water partition coefficient (Wildman–Crippen LogP) is 6.82. The van der Waals surface area contributed by atoms with Gasteiger partial charge in [-0.15, -0.1) is 0 Å². The average Bonchev–Trinajstić information content (AvgIpc) is 3.06. The number of ether oxygens (including phenoxy) is 6. The van der Waals surface area contributed by atoms with E-state index in [-0.39, 0.29) is 19.5 Å². The van der Waals surface area contributed by atoms with Gasteiger partial charge < -0.3 is 33.5 Å². The van der Waals surface area contributed by atoms with E-state index in [1.807, 2.05) is 109 Å². The van der Waals surface area contributed by atoms with Crippen LogP contribution in [-0.2, 0) is 22.7 Å². The first-order valence-electron chi connectivity index (χ1n) is 14.4. The summed E-state index contributed by atoms with van der Waals surface area (Å²) >= 11 is 0. The van der Waals surface area contributed by atoms with Crippen LogP contribution in [-0.4, -0.2) is 44.4 Å². The van der Waals surface area contributed by atoms with Gasteiger partial charge in [0.05, 0.1) is 13.2 Å². The van der Waals surface area contributed by atoms with E-state index in [1.54, 1.807) is 0 Å². The molecule has 1 aliphatic heterocycles. The summed E-state index contributed by atoms with van der Waals surface area (Å²) in [5, 5.41) is 8.76. The zero-order valence-corrected chi connectivity index (χ0v) is 23.9. The molecule has 0 amide bonds. The van der Waals surface area contributed by atoms with Crippen molar-refractivity contribution in [2.24, 2.45) is 0 Å². The molecule has 1 unspecified atom stereocenters. The van der Waals surface area contributed by atoms with Crippen molar-refractivity contribution in [2.75, 3.05) is 33.0 Å². The maximum atomic E-state index is 8.76. The van der Waals surface area contributed by atoms with Crippen molar-refractivity contribution in [3.63, 3.8) is 0 Å². The summed E-state index contributed by atoms with van der Waals surface area (Å²) in [4.78, 5) is 0. The van der Waals surface area contributed by atoms with E-state index in [0.29, 0.717) is 37.9 Å². The number of aliphatic hydroxyl groups is 1. The number of para-hydroxylation sites is 4. The molecule has 1 aliphatic rings. The van der Waals surface area contributed by atoms with Crippen LogP contribution in [0.3, 0.4) is 0 Å². The minimum absolute atomic E-state index is 0.00693. The van der Waals surface area contributed by atoms with Crippen molar-refractivity contribution in [2.45, 2.75) is 38.8 Å². The highest BCUT2D eigenvalue weighted by molar-refractivity contribution is 5.40. The van der Waals surface area contributed by atoms with Crippen LogP contribution in [0.2, 0.25) is 0 Å². The molecule has 0 saturated carbocycles. The highest BCUT2D eigenvalue weighted by Gasteiger charge is 2.14. The topological polar surface area (TPSA) is 75.6 Å². The van der Waals surface area contributed by atoms with Crippen LogP contribution in [0.15, 0.2) is 109 Å². The average molecular weight is 573 g/mol. The molecule has 4 aromatic rings. The molecule has 1 atom stereocenters. The fourth-order valence-electron chi connectivity index (χ4n) is 4.18. The van der Waals surface area contributed by atoms with E-state index in [9.17, 15) is 0 Å². The summed E-state index contributed by atoms with van der Waals surface area (Å²) < 4.78 is 34.0. The van der Waals surface area contributed by atoms with Crippen molar-refractivity contribution >= 4 is 0 Å². The lowest BCUT2D eigenvalue weighted by Gasteiger charge is -2.22. The van der Waals surface area contributed by atoms with Gasteiger partial charge in [0.1, 0.15) is 26.4 Å². The Labute approximate surface area is 248 Å². The largest absolute Gasteiger partial charge is 0.487 e. The Bertz CT molecular complexity index is 1260. The predicted molar refractivity (Wildman–Crippen MR) is 162 cm³/mol. The standard InChI is InChI=1S/C20H24O4.C15H16O3/c1-2-8-17(9-3-1)16-24-19-11-5-4-10-18(19)21-14-15-23-20-12-6-7-13-22-20;16-10-11-17-14-8-4-5-9-15(14)18-12-13-6-2-1-3-7-13/h1-5,8-11,20H,6-7,12-16H2;1-9,16H,10-12H2. The van der Waals surface area contributed by atoms with Crippen LogP contribution < -0.4 is 18.9 Å². The van der Waals surface area contributed by atoms with Crippen molar-refractivity contribution in [3.8, 4) is 23.0 Å². The van der Waals surface area contributed by atoms with Gasteiger partial charge in [-0.05, 0) is 54.7 Å². The second-order valence-corrected chi connectivity index (χ2v) is 9.53. The number of rotatable bonds is 14. The Hall–Kier alpha value is -4.04. The smallest absolute Gasteiger partial charge is 0.161 e. The summed E-state index contributed by atoms with van der Waals surface area (Å²) in [5.41, 5.74) is 2.24. The third-order valence-electron chi connectivity index (χ3n) is 6.30. The molecule has 1 N–H and O–H groups in total. The number of aliphatic hydroxyl groups excluding tert-OH is 1. The van der Waals surface area contributed by atoms with E-state index < -0.39 is 0 Å². The normalized spacial score (nSPS) is 14.3. The van der Waals surface area contributed by atoms with Crippen molar-refractivity contribution in [1.82, 2.24) is 0 Å². The first-order valence-corrected chi connectivity index (χ1v) is 14.4. The molecule has 4 aromatic carbocycles. The molecular formula is C35H40O7. The molecule has 0 bridgehead atoms. The lowest BCUT2D eigenvalue weighted by Crippen LogP contribution is -2.24. The molecule has 5 rings (SSSR count). The summed E-state index contributed by atoms with van der Waals surface area (Å²) in [6, 6.07) is 35.2. The van der Waals surface area contributed by atoms with Crippen LogP contribution in [0, 0.1) is 0 Å². The Morgan fingerprint density at radius 1 is 0.548 bits per heavy atom. The molecule has 1 heterocycles. The van der Waals surface area contributed by atoms with Gasteiger partial charge in [0, 0.05) is 6.61 Å². The monoisotopic (exact) mass is 572 g/mol. The summed E-state index contributed by atoms with van der Waals surface area (Å²) in [7, 11) is 0. The maximum Gasteiger partial charge on any atom is 0.161 e. The van der Waals surface area contributed by atoms with Crippen LogP contribution in [0.4, 0.5) is 0 Å². The lowest BCUT2D eigenvalue weighted by molar-refractivity contribution is -0.165. The van der Waals surface area contributed by atoms with Crippen LogP contribution in [0.25, 0.3) is 0 Å². The summed E-state index contributed by atoms with van der Waals surface area (Å²) in [6.07, 6.45) is 3.19. The van der Waals surface area contributed by atoms with Crippen molar-refractivity contribution in [1.29, 1.82) is 0 Å². The van der Waals surface area contributed by atoms with Gasteiger partial charge >= 0.3 is 0 Å². The zero-order valence-electron chi connectivity index (χ0n) is 23.9. The molecule has 0 radical (unpaired) electrons. The highest BCUT2D eigenvalue weighted by atomic mass is 16.7. The lowest BCUT2D eigenvalue weighted by atomic mass is 10.2. The number of hydrogen-bond acceptors (Lipinski definition) is 7. The van der Waals surface area contributed by atoms with Gasteiger partial charge in [0.2, 0.25) is 0 Å².